The van der Waals surface area contributed by atoms with Gasteiger partial charge in [-0.3, -0.25) is 0 Å². The van der Waals surface area contributed by atoms with Gasteiger partial charge in [0.1, 0.15) is 17.4 Å². The lowest BCUT2D eigenvalue weighted by Gasteiger charge is -2.12. The summed E-state index contributed by atoms with van der Waals surface area (Å²) in [5.74, 6) is 0.732. The number of aliphatic hydroxyl groups is 1. The van der Waals surface area contributed by atoms with Crippen molar-refractivity contribution in [1.29, 1.82) is 0 Å². The van der Waals surface area contributed by atoms with Crippen LogP contribution in [0, 0.1) is 13.8 Å². The Balaban J connectivity index is 2.14. The van der Waals surface area contributed by atoms with E-state index in [0.29, 0.717) is 5.02 Å². The van der Waals surface area contributed by atoms with Crippen molar-refractivity contribution in [1.82, 2.24) is 0 Å². The SMILES string of the molecule is Cc1ccc(C(O)c2c(C)oc3ccccc23)cc1Cl. The van der Waals surface area contributed by atoms with Gasteiger partial charge in [-0.1, -0.05) is 41.9 Å². The van der Waals surface area contributed by atoms with Crippen LogP contribution < -0.4 is 0 Å². The van der Waals surface area contributed by atoms with Gasteiger partial charge in [0.2, 0.25) is 0 Å². The van der Waals surface area contributed by atoms with E-state index in [1.54, 1.807) is 0 Å². The third-order valence-corrected chi connectivity index (χ3v) is 4.01. The highest BCUT2D eigenvalue weighted by molar-refractivity contribution is 6.31. The van der Waals surface area contributed by atoms with Gasteiger partial charge in [0.25, 0.3) is 0 Å². The maximum absolute atomic E-state index is 10.7. The van der Waals surface area contributed by atoms with E-state index < -0.39 is 6.10 Å². The molecule has 2 nitrogen and oxygen atoms in total. The van der Waals surface area contributed by atoms with Gasteiger partial charge in [-0.2, -0.15) is 0 Å². The summed E-state index contributed by atoms with van der Waals surface area (Å²) in [5.41, 5.74) is 3.37. The highest BCUT2D eigenvalue weighted by Crippen LogP contribution is 2.34. The molecule has 1 aromatic heterocycles. The molecule has 2 aromatic carbocycles. The summed E-state index contributed by atoms with van der Waals surface area (Å²) in [5, 5.41) is 12.3. The Morgan fingerprint density at radius 3 is 2.60 bits per heavy atom. The monoisotopic (exact) mass is 286 g/mol. The number of benzene rings is 2. The van der Waals surface area contributed by atoms with E-state index in [1.807, 2.05) is 56.3 Å². The van der Waals surface area contributed by atoms with Gasteiger partial charge in [-0.25, -0.2) is 0 Å². The third kappa shape index (κ3) is 2.11. The average Bonchev–Trinajstić information content (AvgIpc) is 2.77. The second kappa shape index (κ2) is 4.97. The largest absolute Gasteiger partial charge is 0.461 e. The fraction of sp³-hybridized carbons (Fsp3) is 0.176. The van der Waals surface area contributed by atoms with Crippen LogP contribution in [-0.4, -0.2) is 5.11 Å². The predicted octanol–water partition coefficient (Wildman–Crippen LogP) is 4.78. The average molecular weight is 287 g/mol. The molecule has 3 heteroatoms. The van der Waals surface area contributed by atoms with E-state index in [0.717, 1.165) is 33.4 Å². The molecule has 1 N–H and O–H groups in total. The second-order valence-corrected chi connectivity index (χ2v) is 5.39. The Morgan fingerprint density at radius 2 is 1.85 bits per heavy atom. The van der Waals surface area contributed by atoms with Crippen LogP contribution in [0.3, 0.4) is 0 Å². The van der Waals surface area contributed by atoms with Crippen molar-refractivity contribution < 1.29 is 9.52 Å². The Labute approximate surface area is 122 Å². The van der Waals surface area contributed by atoms with Crippen molar-refractivity contribution in [2.45, 2.75) is 20.0 Å². The van der Waals surface area contributed by atoms with E-state index >= 15 is 0 Å². The molecular weight excluding hydrogens is 272 g/mol. The summed E-state index contributed by atoms with van der Waals surface area (Å²) in [4.78, 5) is 0. The Hall–Kier alpha value is -1.77. The first-order chi connectivity index (χ1) is 9.58. The number of hydrogen-bond acceptors (Lipinski definition) is 2. The van der Waals surface area contributed by atoms with Crippen molar-refractivity contribution in [3.8, 4) is 0 Å². The summed E-state index contributed by atoms with van der Waals surface area (Å²) >= 11 is 6.14. The lowest BCUT2D eigenvalue weighted by molar-refractivity contribution is 0.219. The molecule has 0 radical (unpaired) electrons. The standard InChI is InChI=1S/C17H15ClO2/c1-10-7-8-12(9-14(10)18)17(19)16-11(2)20-15-6-4-3-5-13(15)16/h3-9,17,19H,1-2H3. The molecule has 1 atom stereocenters. The topological polar surface area (TPSA) is 33.4 Å². The van der Waals surface area contributed by atoms with Crippen molar-refractivity contribution in [2.75, 3.05) is 0 Å². The maximum Gasteiger partial charge on any atom is 0.134 e. The van der Waals surface area contributed by atoms with Gasteiger partial charge >= 0.3 is 0 Å². The molecule has 0 amide bonds. The van der Waals surface area contributed by atoms with Crippen molar-refractivity contribution in [2.24, 2.45) is 0 Å². The Kier molecular flexibility index (Phi) is 3.28. The number of halogens is 1. The molecule has 0 fully saturated rings. The van der Waals surface area contributed by atoms with Crippen LogP contribution in [0.4, 0.5) is 0 Å². The molecule has 3 aromatic rings. The lowest BCUT2D eigenvalue weighted by atomic mass is 9.98. The zero-order valence-electron chi connectivity index (χ0n) is 11.4. The minimum absolute atomic E-state index is 0.659. The summed E-state index contributed by atoms with van der Waals surface area (Å²) in [7, 11) is 0. The van der Waals surface area contributed by atoms with E-state index in [9.17, 15) is 5.11 Å². The van der Waals surface area contributed by atoms with Crippen LogP contribution in [0.2, 0.25) is 5.02 Å². The molecule has 3 rings (SSSR count). The number of furan rings is 1. The highest BCUT2D eigenvalue weighted by atomic mass is 35.5. The van der Waals surface area contributed by atoms with Crippen LogP contribution >= 0.6 is 11.6 Å². The molecule has 0 saturated carbocycles. The van der Waals surface area contributed by atoms with Crippen LogP contribution in [0.25, 0.3) is 11.0 Å². The number of rotatable bonds is 2. The van der Waals surface area contributed by atoms with Gasteiger partial charge in [0.05, 0.1) is 0 Å². The quantitative estimate of drug-likeness (QED) is 0.735. The second-order valence-electron chi connectivity index (χ2n) is 4.98. The number of aryl methyl sites for hydroxylation is 2. The van der Waals surface area contributed by atoms with Gasteiger partial charge in [-0.15, -0.1) is 0 Å². The predicted molar refractivity (Wildman–Crippen MR) is 81.2 cm³/mol. The van der Waals surface area contributed by atoms with Crippen LogP contribution in [-0.2, 0) is 0 Å². The molecule has 0 aliphatic carbocycles. The fourth-order valence-electron chi connectivity index (χ4n) is 2.47. The van der Waals surface area contributed by atoms with Gasteiger partial charge in [0.15, 0.2) is 0 Å². The number of fused-ring (bicyclic) bond motifs is 1. The zero-order chi connectivity index (χ0) is 14.3. The number of para-hydroxylation sites is 1. The first-order valence-corrected chi connectivity index (χ1v) is 6.88. The number of aliphatic hydroxyl groups excluding tert-OH is 1. The summed E-state index contributed by atoms with van der Waals surface area (Å²) in [6.45, 7) is 3.81. The zero-order valence-corrected chi connectivity index (χ0v) is 12.1. The fourth-order valence-corrected chi connectivity index (χ4v) is 2.66. The Morgan fingerprint density at radius 1 is 1.10 bits per heavy atom. The molecule has 20 heavy (non-hydrogen) atoms. The third-order valence-electron chi connectivity index (χ3n) is 3.60. The van der Waals surface area contributed by atoms with Gasteiger partial charge in [-0.05, 0) is 37.1 Å². The van der Waals surface area contributed by atoms with Gasteiger partial charge < -0.3 is 9.52 Å². The molecule has 0 spiro atoms. The Bertz CT molecular complexity index is 774. The molecule has 0 bridgehead atoms. The van der Waals surface area contributed by atoms with Crippen molar-refractivity contribution >= 4 is 22.6 Å². The molecule has 0 aliphatic rings. The van der Waals surface area contributed by atoms with E-state index in [-0.39, 0.29) is 0 Å². The van der Waals surface area contributed by atoms with Gasteiger partial charge in [0, 0.05) is 16.0 Å². The maximum atomic E-state index is 10.7. The summed E-state index contributed by atoms with van der Waals surface area (Å²) in [6, 6.07) is 13.3. The molecule has 1 heterocycles. The molecule has 1 unspecified atom stereocenters. The van der Waals surface area contributed by atoms with E-state index in [4.69, 9.17) is 16.0 Å². The van der Waals surface area contributed by atoms with Crippen molar-refractivity contribution in [3.63, 3.8) is 0 Å². The molecular formula is C17H15ClO2. The number of hydrogen-bond donors (Lipinski definition) is 1. The van der Waals surface area contributed by atoms with E-state index in [1.165, 1.54) is 0 Å². The first kappa shape index (κ1) is 13.2. The lowest BCUT2D eigenvalue weighted by Crippen LogP contribution is -2.00. The van der Waals surface area contributed by atoms with E-state index in [2.05, 4.69) is 0 Å². The summed E-state index contributed by atoms with van der Waals surface area (Å²) in [6.07, 6.45) is -0.739. The molecule has 0 saturated heterocycles. The van der Waals surface area contributed by atoms with Crippen LogP contribution in [0.1, 0.15) is 28.6 Å². The minimum atomic E-state index is -0.739. The molecule has 0 aliphatic heterocycles. The highest BCUT2D eigenvalue weighted by Gasteiger charge is 2.20. The normalized spacial score (nSPS) is 12.8. The van der Waals surface area contributed by atoms with Crippen LogP contribution in [0.5, 0.6) is 0 Å². The summed E-state index contributed by atoms with van der Waals surface area (Å²) < 4.78 is 5.70. The molecule has 102 valence electrons. The van der Waals surface area contributed by atoms with Crippen molar-refractivity contribution in [3.05, 3.63) is 69.9 Å². The minimum Gasteiger partial charge on any atom is -0.461 e. The van der Waals surface area contributed by atoms with Crippen LogP contribution in [0.15, 0.2) is 46.9 Å². The first-order valence-electron chi connectivity index (χ1n) is 6.50. The smallest absolute Gasteiger partial charge is 0.134 e.